The molecule has 0 bridgehead atoms. The molecule has 0 fully saturated rings. The molecule has 5 nitrogen and oxygen atoms in total. The number of ether oxygens (including phenoxy) is 1. The van der Waals surface area contributed by atoms with Gasteiger partial charge in [0.25, 0.3) is 0 Å². The van der Waals surface area contributed by atoms with Gasteiger partial charge in [-0.05, 0) is 19.7 Å². The van der Waals surface area contributed by atoms with Crippen LogP contribution < -0.4 is 5.32 Å². The van der Waals surface area contributed by atoms with Gasteiger partial charge < -0.3 is 20.1 Å². The number of likely N-dealkylation sites (N-methyl/N-ethyl adjacent to an activating group) is 1. The Morgan fingerprint density at radius 2 is 2.06 bits per heavy atom. The lowest BCUT2D eigenvalue weighted by atomic mass is 10.2. The smallest absolute Gasteiger partial charge is 0.407 e. The van der Waals surface area contributed by atoms with E-state index in [9.17, 15) is 9.90 Å². The number of amides is 1. The van der Waals surface area contributed by atoms with Gasteiger partial charge in [0.05, 0.1) is 6.10 Å². The summed E-state index contributed by atoms with van der Waals surface area (Å²) in [6.07, 6.45) is -1.11. The zero-order valence-corrected chi connectivity index (χ0v) is 10.8. The number of rotatable bonds is 6. The molecule has 0 radical (unpaired) electrons. The topological polar surface area (TPSA) is 61.8 Å². The zero-order chi connectivity index (χ0) is 13.4. The van der Waals surface area contributed by atoms with Gasteiger partial charge in [-0.25, -0.2) is 4.79 Å². The molecule has 0 spiro atoms. The van der Waals surface area contributed by atoms with Crippen LogP contribution in [0.3, 0.4) is 0 Å². The van der Waals surface area contributed by atoms with E-state index in [0.717, 1.165) is 5.56 Å². The van der Waals surface area contributed by atoms with Crippen molar-refractivity contribution in [3.63, 3.8) is 0 Å². The second-order valence-electron chi connectivity index (χ2n) is 4.36. The van der Waals surface area contributed by atoms with Gasteiger partial charge >= 0.3 is 6.09 Å². The average molecular weight is 252 g/mol. The van der Waals surface area contributed by atoms with Crippen LogP contribution in [0.1, 0.15) is 5.56 Å². The molecule has 1 rings (SSSR count). The lowest BCUT2D eigenvalue weighted by Gasteiger charge is -2.16. The number of hydrogen-bond donors (Lipinski definition) is 2. The Hall–Kier alpha value is -1.59. The van der Waals surface area contributed by atoms with E-state index < -0.39 is 12.2 Å². The van der Waals surface area contributed by atoms with Crippen molar-refractivity contribution in [3.8, 4) is 0 Å². The van der Waals surface area contributed by atoms with Crippen LogP contribution >= 0.6 is 0 Å². The normalized spacial score (nSPS) is 12.2. The van der Waals surface area contributed by atoms with E-state index >= 15 is 0 Å². The van der Waals surface area contributed by atoms with Crippen LogP contribution in [0.4, 0.5) is 4.79 Å². The molecule has 0 unspecified atom stereocenters. The summed E-state index contributed by atoms with van der Waals surface area (Å²) in [7, 11) is 3.72. The van der Waals surface area contributed by atoms with Gasteiger partial charge in [-0.3, -0.25) is 0 Å². The highest BCUT2D eigenvalue weighted by Gasteiger charge is 2.08. The lowest BCUT2D eigenvalue weighted by molar-refractivity contribution is 0.114. The van der Waals surface area contributed by atoms with Gasteiger partial charge in [0, 0.05) is 13.1 Å². The molecule has 1 atom stereocenters. The Kier molecular flexibility index (Phi) is 6.18. The van der Waals surface area contributed by atoms with E-state index in [1.54, 1.807) is 0 Å². The molecule has 18 heavy (non-hydrogen) atoms. The number of alkyl carbamates (subject to hydrolysis) is 1. The Bertz CT molecular complexity index is 355. The maximum Gasteiger partial charge on any atom is 0.407 e. The van der Waals surface area contributed by atoms with Crippen molar-refractivity contribution in [2.45, 2.75) is 12.7 Å². The third-order valence-corrected chi connectivity index (χ3v) is 2.27. The molecule has 1 aromatic rings. The maximum atomic E-state index is 11.3. The Labute approximate surface area is 107 Å². The monoisotopic (exact) mass is 252 g/mol. The second-order valence-corrected chi connectivity index (χ2v) is 4.36. The van der Waals surface area contributed by atoms with Gasteiger partial charge in [-0.1, -0.05) is 30.3 Å². The van der Waals surface area contributed by atoms with Crippen molar-refractivity contribution in [1.29, 1.82) is 0 Å². The average Bonchev–Trinajstić information content (AvgIpc) is 2.34. The highest BCUT2D eigenvalue weighted by molar-refractivity contribution is 5.67. The predicted octanol–water partition coefficient (Wildman–Crippen LogP) is 0.835. The number of carbonyl (C=O) groups excluding carboxylic acids is 1. The number of nitrogens with zero attached hydrogens (tertiary/aromatic N) is 1. The maximum absolute atomic E-state index is 11.3. The molecule has 1 aromatic carbocycles. The Morgan fingerprint density at radius 1 is 1.39 bits per heavy atom. The molecule has 0 aliphatic rings. The van der Waals surface area contributed by atoms with Gasteiger partial charge in [0.15, 0.2) is 0 Å². The Morgan fingerprint density at radius 3 is 2.67 bits per heavy atom. The van der Waals surface area contributed by atoms with Crippen LogP contribution in [-0.2, 0) is 11.3 Å². The predicted molar refractivity (Wildman–Crippen MR) is 69.2 cm³/mol. The van der Waals surface area contributed by atoms with Crippen LogP contribution in [0, 0.1) is 0 Å². The minimum Gasteiger partial charge on any atom is -0.445 e. The molecule has 5 heteroatoms. The van der Waals surface area contributed by atoms with Gasteiger partial charge in [-0.15, -0.1) is 0 Å². The van der Waals surface area contributed by atoms with Crippen LogP contribution in [0.5, 0.6) is 0 Å². The summed E-state index contributed by atoms with van der Waals surface area (Å²) in [6.45, 7) is 0.918. The standard InChI is InChI=1S/C13H20N2O3/c1-15(2)9-12(16)8-14-13(17)18-10-11-6-4-3-5-7-11/h3-7,12,16H,8-10H2,1-2H3,(H,14,17)/t12-/m0/s1. The molecule has 2 N–H and O–H groups in total. The van der Waals surface area contributed by atoms with Crippen LogP contribution in [-0.4, -0.2) is 49.4 Å². The van der Waals surface area contributed by atoms with Crippen molar-refractivity contribution >= 4 is 6.09 Å². The summed E-state index contributed by atoms with van der Waals surface area (Å²) < 4.78 is 5.01. The van der Waals surface area contributed by atoms with E-state index in [4.69, 9.17) is 4.74 Å². The summed E-state index contributed by atoms with van der Waals surface area (Å²) in [4.78, 5) is 13.2. The molecule has 0 heterocycles. The van der Waals surface area contributed by atoms with Gasteiger partial charge in [0.2, 0.25) is 0 Å². The molecular formula is C13H20N2O3. The summed E-state index contributed by atoms with van der Waals surface area (Å²) in [5.41, 5.74) is 0.932. The third-order valence-electron chi connectivity index (χ3n) is 2.27. The van der Waals surface area contributed by atoms with Crippen molar-refractivity contribution < 1.29 is 14.6 Å². The van der Waals surface area contributed by atoms with Crippen LogP contribution in [0.25, 0.3) is 0 Å². The minimum atomic E-state index is -0.593. The van der Waals surface area contributed by atoms with Crippen molar-refractivity contribution in [1.82, 2.24) is 10.2 Å². The van der Waals surface area contributed by atoms with Gasteiger partial charge in [-0.2, -0.15) is 0 Å². The fraction of sp³-hybridized carbons (Fsp3) is 0.462. The van der Waals surface area contributed by atoms with Crippen LogP contribution in [0.15, 0.2) is 30.3 Å². The number of carbonyl (C=O) groups is 1. The summed E-state index contributed by atoms with van der Waals surface area (Å²) in [6, 6.07) is 9.44. The Balaban J connectivity index is 2.18. The highest BCUT2D eigenvalue weighted by Crippen LogP contribution is 2.00. The second kappa shape index (κ2) is 7.68. The first-order valence-corrected chi connectivity index (χ1v) is 5.85. The molecule has 1 amide bonds. The number of benzene rings is 1. The molecule has 0 saturated heterocycles. The largest absolute Gasteiger partial charge is 0.445 e. The molecule has 0 aliphatic carbocycles. The quantitative estimate of drug-likeness (QED) is 0.787. The van der Waals surface area contributed by atoms with Gasteiger partial charge in [0.1, 0.15) is 6.61 Å². The van der Waals surface area contributed by atoms with Crippen LogP contribution in [0.2, 0.25) is 0 Å². The lowest BCUT2D eigenvalue weighted by Crippen LogP contribution is -2.37. The van der Waals surface area contributed by atoms with Crippen molar-refractivity contribution in [2.75, 3.05) is 27.2 Å². The fourth-order valence-corrected chi connectivity index (χ4v) is 1.46. The number of aliphatic hydroxyl groups excluding tert-OH is 1. The van der Waals surface area contributed by atoms with E-state index in [-0.39, 0.29) is 13.2 Å². The molecule has 0 aromatic heterocycles. The fourth-order valence-electron chi connectivity index (χ4n) is 1.46. The molecule has 100 valence electrons. The molecular weight excluding hydrogens is 232 g/mol. The first-order chi connectivity index (χ1) is 8.58. The summed E-state index contributed by atoms with van der Waals surface area (Å²) in [5, 5.41) is 12.1. The summed E-state index contributed by atoms with van der Waals surface area (Å²) in [5.74, 6) is 0. The molecule has 0 saturated carbocycles. The van der Waals surface area contributed by atoms with E-state index in [1.807, 2.05) is 49.3 Å². The first kappa shape index (κ1) is 14.5. The van der Waals surface area contributed by atoms with Crippen molar-refractivity contribution in [2.24, 2.45) is 0 Å². The third kappa shape index (κ3) is 6.22. The van der Waals surface area contributed by atoms with E-state index in [0.29, 0.717) is 6.54 Å². The molecule has 0 aliphatic heterocycles. The van der Waals surface area contributed by atoms with Crippen molar-refractivity contribution in [3.05, 3.63) is 35.9 Å². The summed E-state index contributed by atoms with van der Waals surface area (Å²) >= 11 is 0. The van der Waals surface area contributed by atoms with E-state index in [2.05, 4.69) is 5.32 Å². The number of hydrogen-bond acceptors (Lipinski definition) is 4. The SMILES string of the molecule is CN(C)C[C@@H](O)CNC(=O)OCc1ccccc1. The minimum absolute atomic E-state index is 0.186. The highest BCUT2D eigenvalue weighted by atomic mass is 16.5. The number of nitrogens with one attached hydrogen (secondary N) is 1. The van der Waals surface area contributed by atoms with E-state index in [1.165, 1.54) is 0 Å². The zero-order valence-electron chi connectivity index (χ0n) is 10.8. The first-order valence-electron chi connectivity index (χ1n) is 5.85. The number of aliphatic hydroxyl groups is 1.